The highest BCUT2D eigenvalue weighted by Gasteiger charge is 1.79. The molecule has 0 bridgehead atoms. The van der Waals surface area contributed by atoms with Gasteiger partial charge in [0.1, 0.15) is 0 Å². The smallest absolute Gasteiger partial charge is 0.0991 e. The molecule has 0 saturated heterocycles. The monoisotopic (exact) mass is 155 g/mol. The third-order valence-electron chi connectivity index (χ3n) is 0.903. The first-order valence-corrected chi connectivity index (χ1v) is 2.89. The lowest BCUT2D eigenvalue weighted by Gasteiger charge is -1.80. The van der Waals surface area contributed by atoms with Gasteiger partial charge in [-0.2, -0.15) is 5.26 Å². The van der Waals surface area contributed by atoms with Crippen LogP contribution in [0.3, 0.4) is 0 Å². The summed E-state index contributed by atoms with van der Waals surface area (Å²) in [6, 6.07) is 11.2. The standard InChI is InChI=1S/C7H5N.ClHO/c8-6-7-4-2-1-3-5-7;1-2/h1-5H;2H. The van der Waals surface area contributed by atoms with Crippen LogP contribution in [0.4, 0.5) is 0 Å². The number of benzene rings is 1. The average Bonchev–Trinajstić information content (AvgIpc) is 2.10. The minimum absolute atomic E-state index is 0.715. The Kier molecular flexibility index (Phi) is 5.45. The Morgan fingerprint density at radius 3 is 2.00 bits per heavy atom. The second-order valence-electron chi connectivity index (χ2n) is 1.48. The van der Waals surface area contributed by atoms with Gasteiger partial charge in [0.05, 0.1) is 23.5 Å². The number of rotatable bonds is 0. The lowest BCUT2D eigenvalue weighted by atomic mass is 10.2. The van der Waals surface area contributed by atoms with Gasteiger partial charge in [0.15, 0.2) is 0 Å². The molecule has 0 radical (unpaired) electrons. The molecule has 0 atom stereocenters. The molecule has 52 valence electrons. The predicted octanol–water partition coefficient (Wildman–Crippen LogP) is 1.69. The molecule has 1 N–H and O–H groups in total. The molecule has 1 aromatic carbocycles. The van der Waals surface area contributed by atoms with Crippen LogP contribution in [0.15, 0.2) is 30.3 Å². The van der Waals surface area contributed by atoms with Crippen LogP contribution in [-0.2, 0) is 0 Å². The van der Waals surface area contributed by atoms with Crippen molar-refractivity contribution < 1.29 is 4.66 Å². The van der Waals surface area contributed by atoms with Crippen LogP contribution in [0.1, 0.15) is 5.56 Å². The lowest BCUT2D eigenvalue weighted by Crippen LogP contribution is -1.66. The third-order valence-corrected chi connectivity index (χ3v) is 0.903. The minimum Gasteiger partial charge on any atom is -0.295 e. The molecule has 0 spiro atoms. The maximum atomic E-state index is 8.29. The van der Waals surface area contributed by atoms with E-state index in [1.165, 1.54) is 0 Å². The highest BCUT2D eigenvalue weighted by atomic mass is 35.5. The van der Waals surface area contributed by atoms with Crippen LogP contribution >= 0.6 is 11.9 Å². The van der Waals surface area contributed by atoms with Gasteiger partial charge in [-0.1, -0.05) is 18.2 Å². The van der Waals surface area contributed by atoms with Gasteiger partial charge in [0.25, 0.3) is 0 Å². The van der Waals surface area contributed by atoms with E-state index in [0.29, 0.717) is 5.56 Å². The first-order chi connectivity index (χ1) is 4.93. The van der Waals surface area contributed by atoms with Crippen molar-refractivity contribution in [3.8, 4) is 6.07 Å². The fraction of sp³-hybridized carbons (Fsp3) is 0. The van der Waals surface area contributed by atoms with Crippen molar-refractivity contribution in [3.63, 3.8) is 0 Å². The van der Waals surface area contributed by atoms with E-state index in [-0.39, 0.29) is 0 Å². The van der Waals surface area contributed by atoms with E-state index >= 15 is 0 Å². The van der Waals surface area contributed by atoms with Crippen LogP contribution in [0.5, 0.6) is 0 Å². The third kappa shape index (κ3) is 3.08. The van der Waals surface area contributed by atoms with E-state index in [1.807, 2.05) is 24.3 Å². The van der Waals surface area contributed by atoms with Crippen molar-refractivity contribution in [2.45, 2.75) is 0 Å². The molecule has 0 aliphatic heterocycles. The molecule has 1 rings (SSSR count). The Bertz CT molecular complexity index is 205. The minimum atomic E-state index is 0.715. The van der Waals surface area contributed by atoms with Crippen molar-refractivity contribution in [1.82, 2.24) is 0 Å². The zero-order valence-corrected chi connectivity index (χ0v) is 5.92. The van der Waals surface area contributed by atoms with Gasteiger partial charge in [0.2, 0.25) is 0 Å². The van der Waals surface area contributed by atoms with Crippen LogP contribution < -0.4 is 0 Å². The van der Waals surface area contributed by atoms with Gasteiger partial charge < -0.3 is 0 Å². The molecule has 1 aromatic rings. The molecule has 2 nitrogen and oxygen atoms in total. The summed E-state index contributed by atoms with van der Waals surface area (Å²) in [6.45, 7) is 0. The van der Waals surface area contributed by atoms with E-state index in [4.69, 9.17) is 9.92 Å². The fourth-order valence-corrected chi connectivity index (χ4v) is 0.513. The fourth-order valence-electron chi connectivity index (χ4n) is 0.513. The molecular weight excluding hydrogens is 150 g/mol. The van der Waals surface area contributed by atoms with Crippen molar-refractivity contribution in [3.05, 3.63) is 35.9 Å². The number of nitrogens with zero attached hydrogens (tertiary/aromatic N) is 1. The first-order valence-electron chi connectivity index (χ1n) is 2.55. The van der Waals surface area contributed by atoms with Gasteiger partial charge in [-0.25, -0.2) is 0 Å². The summed E-state index contributed by atoms with van der Waals surface area (Å²) in [5, 5.41) is 8.29. The number of halogens is 1. The number of hydrogen-bond donors (Lipinski definition) is 1. The van der Waals surface area contributed by atoms with Gasteiger partial charge in [-0.15, -0.1) is 0 Å². The average molecular weight is 156 g/mol. The molecule has 10 heavy (non-hydrogen) atoms. The lowest BCUT2D eigenvalue weighted by molar-refractivity contribution is 0.632. The normalized spacial score (nSPS) is 6.90. The van der Waals surface area contributed by atoms with Crippen LogP contribution in [0.25, 0.3) is 0 Å². The molecule has 0 fully saturated rings. The molecule has 3 heteroatoms. The molecule has 0 amide bonds. The maximum absolute atomic E-state index is 8.29. The molecule has 0 unspecified atom stereocenters. The van der Waals surface area contributed by atoms with Gasteiger partial charge in [-0.3, -0.25) is 4.66 Å². The Morgan fingerprint density at radius 1 is 1.20 bits per heavy atom. The summed E-state index contributed by atoms with van der Waals surface area (Å²) in [5.74, 6) is 0. The summed E-state index contributed by atoms with van der Waals surface area (Å²) >= 11 is 3.64. The number of hydrogen-bond acceptors (Lipinski definition) is 2. The van der Waals surface area contributed by atoms with E-state index in [1.54, 1.807) is 12.1 Å². The van der Waals surface area contributed by atoms with E-state index in [2.05, 4.69) is 11.9 Å². The highest BCUT2D eigenvalue weighted by Crippen LogP contribution is 1.92. The largest absolute Gasteiger partial charge is 0.295 e. The first kappa shape index (κ1) is 8.96. The second-order valence-corrected chi connectivity index (χ2v) is 1.48. The number of nitriles is 1. The van der Waals surface area contributed by atoms with E-state index in [9.17, 15) is 0 Å². The Labute approximate surface area is 64.5 Å². The van der Waals surface area contributed by atoms with Gasteiger partial charge in [0, 0.05) is 0 Å². The molecule has 0 aliphatic rings. The topological polar surface area (TPSA) is 44.0 Å². The summed E-state index contributed by atoms with van der Waals surface area (Å²) in [6.07, 6.45) is 0. The molecule has 0 heterocycles. The van der Waals surface area contributed by atoms with Crippen molar-refractivity contribution in [2.75, 3.05) is 0 Å². The zero-order valence-electron chi connectivity index (χ0n) is 5.16. The summed E-state index contributed by atoms with van der Waals surface area (Å²) in [7, 11) is 0. The van der Waals surface area contributed by atoms with E-state index < -0.39 is 0 Å². The Balaban J connectivity index is 0.000000371. The van der Waals surface area contributed by atoms with Crippen molar-refractivity contribution in [2.24, 2.45) is 0 Å². The SMILES string of the molecule is N#Cc1ccccc1.OCl. The molecule has 0 saturated carbocycles. The van der Waals surface area contributed by atoms with Crippen molar-refractivity contribution >= 4 is 11.9 Å². The second kappa shape index (κ2) is 6.09. The van der Waals surface area contributed by atoms with Crippen LogP contribution in [0, 0.1) is 11.3 Å². The summed E-state index contributed by atoms with van der Waals surface area (Å²) in [4.78, 5) is 0. The quantitative estimate of drug-likeness (QED) is 0.620. The Hall–Kier alpha value is -1.04. The van der Waals surface area contributed by atoms with E-state index in [0.717, 1.165) is 0 Å². The highest BCUT2D eigenvalue weighted by molar-refractivity contribution is 6.04. The summed E-state index contributed by atoms with van der Waals surface area (Å²) < 4.78 is 6.47. The Morgan fingerprint density at radius 2 is 1.70 bits per heavy atom. The maximum Gasteiger partial charge on any atom is 0.0991 e. The van der Waals surface area contributed by atoms with Crippen LogP contribution in [-0.4, -0.2) is 4.66 Å². The predicted molar refractivity (Wildman–Crippen MR) is 39.2 cm³/mol. The van der Waals surface area contributed by atoms with Gasteiger partial charge >= 0.3 is 0 Å². The summed E-state index contributed by atoms with van der Waals surface area (Å²) in [5.41, 5.74) is 0.715. The zero-order chi connectivity index (χ0) is 7.82. The van der Waals surface area contributed by atoms with Crippen molar-refractivity contribution in [1.29, 1.82) is 5.26 Å². The molecule has 0 aliphatic carbocycles. The van der Waals surface area contributed by atoms with Crippen LogP contribution in [0.2, 0.25) is 0 Å². The molecule has 0 aromatic heterocycles. The van der Waals surface area contributed by atoms with Gasteiger partial charge in [-0.05, 0) is 12.1 Å². The molecular formula is C7H6ClNO.